The maximum Gasteiger partial charge on any atom is 0.524 e. The second kappa shape index (κ2) is 17.7. The first kappa shape index (κ1) is 46.4. The molecular weight excluding hydrogens is 854 g/mol. The van der Waals surface area contributed by atoms with Crippen molar-refractivity contribution in [2.24, 2.45) is 11.5 Å². The third-order valence-corrected chi connectivity index (χ3v) is 8.73. The second-order valence-electron chi connectivity index (χ2n) is 15.2. The fourth-order valence-electron chi connectivity index (χ4n) is 5.55. The molecule has 2 aromatic heterocycles. The van der Waals surface area contributed by atoms with Crippen molar-refractivity contribution < 1.29 is 75.9 Å². The molecule has 0 atom stereocenters. The Balaban J connectivity index is 0.000000234. The number of benzene rings is 4. The molecular formula is C40H42N4O16P2. The molecule has 0 aliphatic carbocycles. The fraction of sp³-hybridized carbons (Fsp3) is 0.200. The van der Waals surface area contributed by atoms with E-state index in [0.717, 1.165) is 0 Å². The molecule has 0 radical (unpaired) electrons. The highest BCUT2D eigenvalue weighted by Crippen LogP contribution is 2.40. The normalized spacial score (nSPS) is 11.9. The van der Waals surface area contributed by atoms with Gasteiger partial charge in [-0.1, -0.05) is 0 Å². The summed E-state index contributed by atoms with van der Waals surface area (Å²) in [6.45, 7) is 10.4. The molecule has 328 valence electrons. The highest BCUT2D eigenvalue weighted by atomic mass is 31.2. The third-order valence-electron chi connectivity index (χ3n) is 7.83. The molecule has 0 saturated carbocycles. The van der Waals surface area contributed by atoms with Gasteiger partial charge in [-0.15, -0.1) is 0 Å². The summed E-state index contributed by atoms with van der Waals surface area (Å²) in [5.41, 5.74) is 10.6. The topological polar surface area (TPSA) is 301 Å². The zero-order chi connectivity index (χ0) is 45.9. The Hall–Kier alpha value is -6.66. The number of fused-ring (bicyclic) bond motifs is 2. The van der Waals surface area contributed by atoms with E-state index in [0.29, 0.717) is 44.8 Å². The summed E-state index contributed by atoms with van der Waals surface area (Å²) in [7, 11) is -9.31. The van der Waals surface area contributed by atoms with Gasteiger partial charge < -0.3 is 39.5 Å². The van der Waals surface area contributed by atoms with E-state index >= 15 is 0 Å². The molecule has 0 spiro atoms. The number of ether oxygens (including phenoxy) is 4. The molecule has 2 amide bonds. The Morgan fingerprint density at radius 1 is 0.500 bits per heavy atom. The van der Waals surface area contributed by atoms with E-state index in [2.05, 4.69) is 9.05 Å². The van der Waals surface area contributed by atoms with E-state index in [9.17, 15) is 28.3 Å². The molecule has 20 nitrogen and oxygen atoms in total. The van der Waals surface area contributed by atoms with E-state index in [-0.39, 0.29) is 22.6 Å². The summed E-state index contributed by atoms with van der Waals surface area (Å²) in [6.07, 6.45) is 1.33. The van der Waals surface area contributed by atoms with Crippen LogP contribution in [0.1, 0.15) is 62.3 Å². The van der Waals surface area contributed by atoms with Gasteiger partial charge in [-0.3, -0.25) is 38.3 Å². The van der Waals surface area contributed by atoms with Crippen LogP contribution in [0.2, 0.25) is 0 Å². The number of phosphoric acid groups is 2. The maximum absolute atomic E-state index is 12.5. The number of primary amides is 2. The Labute approximate surface area is 352 Å². The summed E-state index contributed by atoms with van der Waals surface area (Å²) in [5, 5.41) is 0.801. The maximum atomic E-state index is 12.5. The Bertz CT molecular complexity index is 2570. The SMILES string of the molecule is CC(C)(C)OC(=O)n1cc(C(N)=O)c2cc(Oc3ccc(OP(=O)(O)O)cc3)ccc21.CC(C)(C)OC(=O)n1cc(C(N)=O)c2cc(Oc3ccc(OP(=O)(O)O)cc3)ccc21. The molecule has 2 heterocycles. The summed E-state index contributed by atoms with van der Waals surface area (Å²) < 4.78 is 55.3. The molecule has 0 fully saturated rings. The molecule has 62 heavy (non-hydrogen) atoms. The first-order valence-electron chi connectivity index (χ1n) is 18.1. The van der Waals surface area contributed by atoms with Crippen LogP contribution < -0.4 is 30.0 Å². The van der Waals surface area contributed by atoms with Crippen molar-refractivity contribution in [3.63, 3.8) is 0 Å². The van der Waals surface area contributed by atoms with Gasteiger partial charge in [-0.25, -0.2) is 18.7 Å². The molecule has 0 aliphatic rings. The van der Waals surface area contributed by atoms with Crippen LogP contribution in [0.3, 0.4) is 0 Å². The quantitative estimate of drug-likeness (QED) is 0.0722. The molecule has 6 aromatic rings. The highest BCUT2D eigenvalue weighted by Gasteiger charge is 2.25. The lowest BCUT2D eigenvalue weighted by Gasteiger charge is -2.19. The molecule has 0 unspecified atom stereocenters. The Morgan fingerprint density at radius 3 is 1.06 bits per heavy atom. The second-order valence-corrected chi connectivity index (χ2v) is 17.5. The van der Waals surface area contributed by atoms with Crippen LogP contribution in [0.15, 0.2) is 97.3 Å². The van der Waals surface area contributed by atoms with Crippen LogP contribution >= 0.6 is 15.6 Å². The smallest absolute Gasteiger partial charge is 0.457 e. The molecule has 4 aromatic carbocycles. The number of hydrogen-bond acceptors (Lipinski definition) is 12. The van der Waals surface area contributed by atoms with Crippen LogP contribution in [0.5, 0.6) is 34.5 Å². The number of nitrogens with zero attached hydrogens (tertiary/aromatic N) is 2. The largest absolute Gasteiger partial charge is 0.524 e. The van der Waals surface area contributed by atoms with Crippen molar-refractivity contribution in [1.82, 2.24) is 9.13 Å². The molecule has 0 saturated heterocycles. The summed E-state index contributed by atoms with van der Waals surface area (Å²) >= 11 is 0. The molecule has 0 bridgehead atoms. The zero-order valence-corrected chi connectivity index (χ0v) is 35.7. The lowest BCUT2D eigenvalue weighted by molar-refractivity contribution is 0.0532. The Kier molecular flexibility index (Phi) is 13.3. The van der Waals surface area contributed by atoms with Crippen molar-refractivity contribution >= 4 is 61.5 Å². The van der Waals surface area contributed by atoms with Crippen LogP contribution in [0.25, 0.3) is 21.8 Å². The molecule has 6 rings (SSSR count). The minimum absolute atomic E-state index is 0.0263. The zero-order valence-electron chi connectivity index (χ0n) is 33.9. The predicted octanol–water partition coefficient (Wildman–Crippen LogP) is 7.57. The van der Waals surface area contributed by atoms with E-state index in [1.165, 1.54) is 70.1 Å². The first-order chi connectivity index (χ1) is 28.6. The number of phosphoric ester groups is 2. The van der Waals surface area contributed by atoms with Gasteiger partial charge in [0.2, 0.25) is 0 Å². The lowest BCUT2D eigenvalue weighted by Crippen LogP contribution is -2.26. The molecule has 22 heteroatoms. The fourth-order valence-corrected chi connectivity index (χ4v) is 6.34. The van der Waals surface area contributed by atoms with Crippen LogP contribution in [0.4, 0.5) is 9.59 Å². The van der Waals surface area contributed by atoms with Crippen molar-refractivity contribution in [3.05, 3.63) is 108 Å². The van der Waals surface area contributed by atoms with E-state index < -0.39 is 50.8 Å². The monoisotopic (exact) mass is 896 g/mol. The highest BCUT2D eigenvalue weighted by molar-refractivity contribution is 7.47. The molecule has 8 N–H and O–H groups in total. The van der Waals surface area contributed by atoms with Crippen molar-refractivity contribution in [2.75, 3.05) is 0 Å². The van der Waals surface area contributed by atoms with Gasteiger partial charge in [-0.05, 0) is 126 Å². The number of carbonyl (C=O) groups is 4. The van der Waals surface area contributed by atoms with Crippen molar-refractivity contribution in [2.45, 2.75) is 52.7 Å². The number of rotatable bonds is 10. The van der Waals surface area contributed by atoms with Crippen LogP contribution in [-0.4, -0.2) is 63.9 Å². The summed E-state index contributed by atoms with van der Waals surface area (Å²) in [6, 6.07) is 20.6. The van der Waals surface area contributed by atoms with Crippen LogP contribution in [-0.2, 0) is 18.6 Å². The van der Waals surface area contributed by atoms with Crippen LogP contribution in [0, 0.1) is 0 Å². The molecule has 0 aliphatic heterocycles. The Morgan fingerprint density at radius 2 is 0.790 bits per heavy atom. The number of amides is 2. The lowest BCUT2D eigenvalue weighted by atomic mass is 10.1. The number of carbonyl (C=O) groups excluding carboxylic acids is 4. The van der Waals surface area contributed by atoms with Gasteiger partial charge in [0.05, 0.1) is 22.2 Å². The van der Waals surface area contributed by atoms with Gasteiger partial charge in [0.1, 0.15) is 45.7 Å². The standard InChI is InChI=1S/2C20H21N2O8P/c2*1-20(2,3)29-19(24)22-11-16(18(21)23)15-10-14(8-9-17(15)22)28-12-4-6-13(7-5-12)30-31(25,26)27/h2*4-11H,1-3H3,(H2,21,23)(H2,25,26,27). The summed E-state index contributed by atoms with van der Waals surface area (Å²) in [5.74, 6) is -0.0922. The van der Waals surface area contributed by atoms with Gasteiger partial charge >= 0.3 is 27.8 Å². The predicted molar refractivity (Wildman–Crippen MR) is 223 cm³/mol. The number of aromatic nitrogens is 2. The number of hydrogen-bond donors (Lipinski definition) is 6. The average molecular weight is 897 g/mol. The summed E-state index contributed by atoms with van der Waals surface area (Å²) in [4.78, 5) is 84.1. The van der Waals surface area contributed by atoms with Gasteiger partial charge in [-0.2, -0.15) is 0 Å². The van der Waals surface area contributed by atoms with Crippen molar-refractivity contribution in [3.8, 4) is 34.5 Å². The minimum Gasteiger partial charge on any atom is -0.457 e. The first-order valence-corrected chi connectivity index (χ1v) is 21.1. The van der Waals surface area contributed by atoms with Gasteiger partial charge in [0, 0.05) is 23.2 Å². The van der Waals surface area contributed by atoms with E-state index in [1.807, 2.05) is 0 Å². The number of nitrogens with two attached hydrogens (primary N) is 2. The van der Waals surface area contributed by atoms with Gasteiger partial charge in [0.15, 0.2) is 0 Å². The van der Waals surface area contributed by atoms with Gasteiger partial charge in [0.25, 0.3) is 11.8 Å². The van der Waals surface area contributed by atoms with Crippen molar-refractivity contribution in [1.29, 1.82) is 0 Å². The minimum atomic E-state index is -4.66. The van der Waals surface area contributed by atoms with E-state index in [4.69, 9.17) is 50.0 Å². The van der Waals surface area contributed by atoms with E-state index in [1.54, 1.807) is 77.9 Å². The average Bonchev–Trinajstić information content (AvgIpc) is 3.70. The third kappa shape index (κ3) is 12.7.